The van der Waals surface area contributed by atoms with E-state index in [1.807, 2.05) is 26.8 Å². The number of oxime groups is 1. The summed E-state index contributed by atoms with van der Waals surface area (Å²) >= 11 is 5.97. The van der Waals surface area contributed by atoms with Crippen molar-refractivity contribution < 1.29 is 19.1 Å². The predicted octanol–water partition coefficient (Wildman–Crippen LogP) is 5.25. The van der Waals surface area contributed by atoms with Crippen LogP contribution in [0.25, 0.3) is 0 Å². The van der Waals surface area contributed by atoms with Crippen molar-refractivity contribution in [2.45, 2.75) is 47.3 Å². The molecule has 1 aliphatic carbocycles. The lowest BCUT2D eigenvalue weighted by molar-refractivity contribution is -0.177. The lowest BCUT2D eigenvalue weighted by Crippen LogP contribution is -2.49. The van der Waals surface area contributed by atoms with Gasteiger partial charge >= 0.3 is 5.79 Å². The van der Waals surface area contributed by atoms with E-state index in [2.05, 4.69) is 25.9 Å². The zero-order valence-corrected chi connectivity index (χ0v) is 18.1. The van der Waals surface area contributed by atoms with Gasteiger partial charge in [0.1, 0.15) is 0 Å². The Bertz CT molecular complexity index is 898. The number of halogens is 1. The van der Waals surface area contributed by atoms with E-state index in [4.69, 9.17) is 25.9 Å². The average Bonchev–Trinajstić information content (AvgIpc) is 3.01. The van der Waals surface area contributed by atoms with Gasteiger partial charge in [-0.3, -0.25) is 4.79 Å². The second-order valence-electron chi connectivity index (χ2n) is 9.05. The van der Waals surface area contributed by atoms with Crippen molar-refractivity contribution in [3.8, 4) is 0 Å². The second kappa shape index (κ2) is 6.66. The van der Waals surface area contributed by atoms with Crippen LogP contribution in [0.2, 0.25) is 5.02 Å². The van der Waals surface area contributed by atoms with Crippen LogP contribution in [-0.4, -0.2) is 24.6 Å². The molecule has 2 aliphatic rings. The van der Waals surface area contributed by atoms with Gasteiger partial charge in [0.15, 0.2) is 5.76 Å². The van der Waals surface area contributed by atoms with Gasteiger partial charge < -0.3 is 14.3 Å². The molecule has 0 bridgehead atoms. The predicted molar refractivity (Wildman–Crippen MR) is 109 cm³/mol. The quantitative estimate of drug-likeness (QED) is 0.677. The highest BCUT2D eigenvalue weighted by Gasteiger charge is 2.60. The van der Waals surface area contributed by atoms with Crippen LogP contribution >= 0.6 is 11.6 Å². The molecule has 3 rings (SSSR count). The van der Waals surface area contributed by atoms with Crippen molar-refractivity contribution in [1.82, 2.24) is 0 Å². The molecule has 0 amide bonds. The molecule has 0 aromatic heterocycles. The van der Waals surface area contributed by atoms with Crippen LogP contribution in [-0.2, 0) is 19.1 Å². The molecule has 28 heavy (non-hydrogen) atoms. The number of rotatable bonds is 2. The van der Waals surface area contributed by atoms with E-state index in [1.54, 1.807) is 24.3 Å². The molecule has 0 radical (unpaired) electrons. The van der Waals surface area contributed by atoms with Crippen LogP contribution in [0.4, 0.5) is 0 Å². The molecule has 1 atom stereocenters. The monoisotopic (exact) mass is 403 g/mol. The molecule has 1 aromatic rings. The maximum Gasteiger partial charge on any atom is 0.399 e. The molecule has 0 N–H and O–H groups in total. The SMILES string of the molecule is COC1=C(C(C)(C)C)C=C(C(C)(C)C)C(=O)C12ON=C(c1ccc(Cl)cc1)O2. The fourth-order valence-corrected chi connectivity index (χ4v) is 3.38. The number of ketones is 1. The normalized spacial score (nSPS) is 22.6. The zero-order chi connectivity index (χ0) is 20.9. The number of Topliss-reactive ketones (excluding diaryl/α,β-unsaturated/α-hetero) is 1. The topological polar surface area (TPSA) is 57.1 Å². The Kier molecular flexibility index (Phi) is 4.87. The third-order valence-corrected chi connectivity index (χ3v) is 5.04. The van der Waals surface area contributed by atoms with Crippen molar-refractivity contribution >= 4 is 23.3 Å². The van der Waals surface area contributed by atoms with Crippen LogP contribution in [0.1, 0.15) is 47.1 Å². The van der Waals surface area contributed by atoms with Gasteiger partial charge in [0, 0.05) is 21.7 Å². The van der Waals surface area contributed by atoms with Gasteiger partial charge in [0.25, 0.3) is 11.7 Å². The minimum absolute atomic E-state index is 0.211. The van der Waals surface area contributed by atoms with Crippen LogP contribution in [0.3, 0.4) is 0 Å². The maximum absolute atomic E-state index is 13.5. The fraction of sp³-hybridized carbons (Fsp3) is 0.455. The van der Waals surface area contributed by atoms with Gasteiger partial charge in [0.05, 0.1) is 7.11 Å². The summed E-state index contributed by atoms with van der Waals surface area (Å²) in [5, 5.41) is 4.68. The lowest BCUT2D eigenvalue weighted by atomic mass is 9.72. The van der Waals surface area contributed by atoms with E-state index in [0.29, 0.717) is 21.9 Å². The van der Waals surface area contributed by atoms with Gasteiger partial charge in [-0.25, -0.2) is 0 Å². The Balaban J connectivity index is 2.14. The maximum atomic E-state index is 13.5. The number of hydrogen-bond acceptors (Lipinski definition) is 5. The highest BCUT2D eigenvalue weighted by atomic mass is 35.5. The van der Waals surface area contributed by atoms with E-state index in [9.17, 15) is 4.79 Å². The lowest BCUT2D eigenvalue weighted by Gasteiger charge is -2.38. The number of carbonyl (C=O) groups is 1. The standard InChI is InChI=1S/C22H26ClNO4/c1-20(2,3)15-12-16(21(4,5)6)18(26-7)22(17(15)25)27-19(24-28-22)13-8-10-14(23)11-9-13/h8-12H,1-7H3. The summed E-state index contributed by atoms with van der Waals surface area (Å²) in [6, 6.07) is 6.98. The highest BCUT2D eigenvalue weighted by Crippen LogP contribution is 2.47. The highest BCUT2D eigenvalue weighted by molar-refractivity contribution is 6.30. The van der Waals surface area contributed by atoms with Gasteiger partial charge in [-0.2, -0.15) is 0 Å². The Morgan fingerprint density at radius 2 is 1.64 bits per heavy atom. The molecule has 0 saturated carbocycles. The Labute approximate surface area is 171 Å². The molecule has 0 saturated heterocycles. The summed E-state index contributed by atoms with van der Waals surface area (Å²) in [7, 11) is 1.51. The third kappa shape index (κ3) is 3.32. The first-order valence-corrected chi connectivity index (χ1v) is 9.55. The zero-order valence-electron chi connectivity index (χ0n) is 17.3. The third-order valence-electron chi connectivity index (χ3n) is 4.78. The Morgan fingerprint density at radius 1 is 1.04 bits per heavy atom. The molecular formula is C22H26ClNO4. The summed E-state index contributed by atoms with van der Waals surface area (Å²) in [5.41, 5.74) is 1.40. The minimum Gasteiger partial charge on any atom is -0.492 e. The van der Waals surface area contributed by atoms with Crippen molar-refractivity contribution in [3.63, 3.8) is 0 Å². The van der Waals surface area contributed by atoms with E-state index >= 15 is 0 Å². The molecule has 0 fully saturated rings. The number of carbonyl (C=O) groups excluding carboxylic acids is 1. The number of nitrogens with zero attached hydrogens (tertiary/aromatic N) is 1. The number of ether oxygens (including phenoxy) is 2. The number of benzene rings is 1. The van der Waals surface area contributed by atoms with Gasteiger partial charge in [-0.15, -0.1) is 0 Å². The van der Waals surface area contributed by atoms with E-state index in [1.165, 1.54) is 7.11 Å². The molecule has 1 unspecified atom stereocenters. The number of allylic oxidation sites excluding steroid dienone is 2. The van der Waals surface area contributed by atoms with Crippen molar-refractivity contribution in [2.75, 3.05) is 7.11 Å². The molecule has 5 nitrogen and oxygen atoms in total. The summed E-state index contributed by atoms with van der Waals surface area (Å²) in [4.78, 5) is 19.2. The first-order valence-electron chi connectivity index (χ1n) is 9.17. The molecule has 6 heteroatoms. The minimum atomic E-state index is -1.76. The fourth-order valence-electron chi connectivity index (χ4n) is 3.25. The average molecular weight is 404 g/mol. The number of hydrogen-bond donors (Lipinski definition) is 0. The van der Waals surface area contributed by atoms with Crippen molar-refractivity contribution in [2.24, 2.45) is 16.0 Å². The molecule has 1 spiro atoms. The Hall–Kier alpha value is -2.27. The van der Waals surface area contributed by atoms with E-state index < -0.39 is 11.2 Å². The first-order chi connectivity index (χ1) is 12.9. The molecule has 1 aliphatic heterocycles. The summed E-state index contributed by atoms with van der Waals surface area (Å²) < 4.78 is 11.8. The number of methoxy groups -OCH3 is 1. The molecule has 1 heterocycles. The molecular weight excluding hydrogens is 378 g/mol. The van der Waals surface area contributed by atoms with Gasteiger partial charge in [0.2, 0.25) is 0 Å². The summed E-state index contributed by atoms with van der Waals surface area (Å²) in [5.74, 6) is -1.53. The molecule has 1 aromatic carbocycles. The van der Waals surface area contributed by atoms with E-state index in [0.717, 1.165) is 5.57 Å². The van der Waals surface area contributed by atoms with E-state index in [-0.39, 0.29) is 17.1 Å². The van der Waals surface area contributed by atoms with Crippen LogP contribution in [0.15, 0.2) is 52.4 Å². The largest absolute Gasteiger partial charge is 0.492 e. The molecule has 150 valence electrons. The Morgan fingerprint density at radius 3 is 2.14 bits per heavy atom. The summed E-state index contributed by atoms with van der Waals surface area (Å²) in [6.07, 6.45) is 1.90. The summed E-state index contributed by atoms with van der Waals surface area (Å²) in [6.45, 7) is 12.1. The van der Waals surface area contributed by atoms with Crippen molar-refractivity contribution in [3.05, 3.63) is 57.8 Å². The van der Waals surface area contributed by atoms with Crippen molar-refractivity contribution in [1.29, 1.82) is 0 Å². The van der Waals surface area contributed by atoms with Gasteiger partial charge in [-0.05, 0) is 46.3 Å². The van der Waals surface area contributed by atoms with Crippen LogP contribution in [0.5, 0.6) is 0 Å². The van der Waals surface area contributed by atoms with Gasteiger partial charge in [-0.1, -0.05) is 53.1 Å². The smallest absolute Gasteiger partial charge is 0.399 e. The first kappa shape index (κ1) is 20.5. The van der Waals surface area contributed by atoms with Crippen LogP contribution < -0.4 is 0 Å². The van der Waals surface area contributed by atoms with Crippen LogP contribution in [0, 0.1) is 10.8 Å². The second-order valence-corrected chi connectivity index (χ2v) is 9.48.